The molecular formula is C17H19N5O4S2. The van der Waals surface area contributed by atoms with Crippen LogP contribution in [0.15, 0.2) is 40.5 Å². The second kappa shape index (κ2) is 9.60. The van der Waals surface area contributed by atoms with Crippen molar-refractivity contribution in [3.8, 4) is 11.4 Å². The maximum atomic E-state index is 12.1. The van der Waals surface area contributed by atoms with Gasteiger partial charge in [0.2, 0.25) is 11.1 Å². The van der Waals surface area contributed by atoms with Crippen LogP contribution in [-0.2, 0) is 14.3 Å². The zero-order chi connectivity index (χ0) is 19.9. The number of rotatable bonds is 8. The molecule has 0 atom stereocenters. The maximum Gasteiger partial charge on any atom is 0.333 e. The van der Waals surface area contributed by atoms with Gasteiger partial charge in [0.25, 0.3) is 0 Å². The van der Waals surface area contributed by atoms with Gasteiger partial charge in [0.1, 0.15) is 5.75 Å². The first-order chi connectivity index (χ1) is 13.6. The minimum Gasteiger partial charge on any atom is -0.497 e. The summed E-state index contributed by atoms with van der Waals surface area (Å²) in [5.74, 6) is 1.16. The molecule has 0 spiro atoms. The molecule has 9 nitrogen and oxygen atoms in total. The minimum absolute atomic E-state index is 0.0316. The number of hydrogen-bond acceptors (Lipinski definition) is 9. The summed E-state index contributed by atoms with van der Waals surface area (Å²) in [6, 6.07) is 7.39. The number of benzene rings is 1. The third kappa shape index (κ3) is 4.84. The van der Waals surface area contributed by atoms with Gasteiger partial charge in [0.15, 0.2) is 0 Å². The van der Waals surface area contributed by atoms with Gasteiger partial charge in [0, 0.05) is 12.3 Å². The van der Waals surface area contributed by atoms with Crippen molar-refractivity contribution in [3.63, 3.8) is 0 Å². The number of carbonyl (C=O) groups excluding carboxylic acids is 2. The summed E-state index contributed by atoms with van der Waals surface area (Å²) in [6.07, 6.45) is 1.37. The number of amides is 1. The average molecular weight is 422 g/mol. The highest BCUT2D eigenvalue weighted by molar-refractivity contribution is 8.04. The Morgan fingerprint density at radius 1 is 1.36 bits per heavy atom. The summed E-state index contributed by atoms with van der Waals surface area (Å²) < 4.78 is 11.7. The van der Waals surface area contributed by atoms with Gasteiger partial charge >= 0.3 is 5.97 Å². The van der Waals surface area contributed by atoms with Crippen LogP contribution in [0.4, 0.5) is 0 Å². The highest BCUT2D eigenvalue weighted by atomic mass is 32.2. The van der Waals surface area contributed by atoms with Crippen molar-refractivity contribution < 1.29 is 19.1 Å². The van der Waals surface area contributed by atoms with Gasteiger partial charge in [0.05, 0.1) is 36.3 Å². The number of thioether (sulfide) groups is 2. The number of tetrazole rings is 1. The topological polar surface area (TPSA) is 99.4 Å². The van der Waals surface area contributed by atoms with E-state index in [1.807, 2.05) is 24.3 Å². The fourth-order valence-electron chi connectivity index (χ4n) is 2.44. The molecule has 3 rings (SSSR count). The molecule has 0 unspecified atom stereocenters. The lowest BCUT2D eigenvalue weighted by Crippen LogP contribution is -2.27. The van der Waals surface area contributed by atoms with Crippen LogP contribution in [0.1, 0.15) is 6.92 Å². The summed E-state index contributed by atoms with van der Waals surface area (Å²) in [5, 5.41) is 13.0. The first-order valence-corrected chi connectivity index (χ1v) is 10.5. The molecule has 28 heavy (non-hydrogen) atoms. The zero-order valence-corrected chi connectivity index (χ0v) is 17.0. The highest BCUT2D eigenvalue weighted by Crippen LogP contribution is 2.29. The van der Waals surface area contributed by atoms with E-state index in [1.54, 1.807) is 23.6 Å². The number of esters is 1. The lowest BCUT2D eigenvalue weighted by Gasteiger charge is -2.16. The quantitative estimate of drug-likeness (QED) is 0.358. The summed E-state index contributed by atoms with van der Waals surface area (Å²) in [7, 11) is 1.61. The lowest BCUT2D eigenvalue weighted by molar-refractivity contribution is -0.137. The molecule has 2 aromatic rings. The second-order valence-electron chi connectivity index (χ2n) is 5.49. The van der Waals surface area contributed by atoms with Crippen molar-refractivity contribution in [3.05, 3.63) is 35.4 Å². The van der Waals surface area contributed by atoms with Crippen LogP contribution in [0, 0.1) is 0 Å². The lowest BCUT2D eigenvalue weighted by atomic mass is 10.3. The summed E-state index contributed by atoms with van der Waals surface area (Å²) >= 11 is 2.76. The molecule has 1 saturated heterocycles. The van der Waals surface area contributed by atoms with E-state index in [9.17, 15) is 9.59 Å². The van der Waals surface area contributed by atoms with E-state index in [0.29, 0.717) is 34.8 Å². The van der Waals surface area contributed by atoms with Gasteiger partial charge in [-0.05, 0) is 41.6 Å². The predicted molar refractivity (Wildman–Crippen MR) is 105 cm³/mol. The number of ether oxygens (including phenoxy) is 2. The Morgan fingerprint density at radius 2 is 2.14 bits per heavy atom. The zero-order valence-electron chi connectivity index (χ0n) is 15.4. The van der Waals surface area contributed by atoms with E-state index < -0.39 is 5.97 Å². The fraction of sp³-hybridized carbons (Fsp3) is 0.353. The monoisotopic (exact) mass is 421 g/mol. The Morgan fingerprint density at radius 3 is 2.86 bits per heavy atom. The van der Waals surface area contributed by atoms with E-state index in [-0.39, 0.29) is 5.91 Å². The molecular weight excluding hydrogens is 402 g/mol. The average Bonchev–Trinajstić information content (AvgIpc) is 3.30. The molecule has 11 heteroatoms. The standard InChI is InChI=1S/C17H19N5O4S2/c1-3-26-16(24)10-15-21(14(23)11-28-15)8-9-27-17-18-19-20-22(17)12-4-6-13(25-2)7-5-12/h4-7,10H,3,8-9,11H2,1-2H3/b15-10-. The number of hydrogen-bond donors (Lipinski definition) is 0. The Kier molecular flexibility index (Phi) is 6.93. The molecule has 1 aromatic carbocycles. The highest BCUT2D eigenvalue weighted by Gasteiger charge is 2.27. The molecule has 0 radical (unpaired) electrons. The van der Waals surface area contributed by atoms with Crippen molar-refractivity contribution in [2.75, 3.05) is 31.8 Å². The second-order valence-corrected chi connectivity index (χ2v) is 7.55. The van der Waals surface area contributed by atoms with Crippen LogP contribution < -0.4 is 4.74 Å². The molecule has 0 bridgehead atoms. The Hall–Kier alpha value is -2.53. The van der Waals surface area contributed by atoms with Crippen LogP contribution in [0.25, 0.3) is 5.69 Å². The van der Waals surface area contributed by atoms with E-state index in [1.165, 1.54) is 29.6 Å². The Labute approximate surface area is 170 Å². The largest absolute Gasteiger partial charge is 0.497 e. The van der Waals surface area contributed by atoms with Gasteiger partial charge in [-0.2, -0.15) is 4.68 Å². The Bertz CT molecular complexity index is 869. The van der Waals surface area contributed by atoms with Gasteiger partial charge in [-0.1, -0.05) is 23.5 Å². The first-order valence-electron chi connectivity index (χ1n) is 8.49. The van der Waals surface area contributed by atoms with E-state index in [0.717, 1.165) is 11.4 Å². The third-order valence-electron chi connectivity index (χ3n) is 3.74. The molecule has 0 aliphatic carbocycles. The molecule has 1 aromatic heterocycles. The Balaban J connectivity index is 1.62. The number of nitrogens with zero attached hydrogens (tertiary/aromatic N) is 5. The molecule has 0 saturated carbocycles. The van der Waals surface area contributed by atoms with Crippen molar-refractivity contribution in [2.45, 2.75) is 12.1 Å². The summed E-state index contributed by atoms with van der Waals surface area (Å²) in [5.41, 5.74) is 0.809. The number of methoxy groups -OCH3 is 1. The molecule has 2 heterocycles. The van der Waals surface area contributed by atoms with Gasteiger partial charge in [-0.15, -0.1) is 5.10 Å². The number of carbonyl (C=O) groups is 2. The van der Waals surface area contributed by atoms with Crippen LogP contribution >= 0.6 is 23.5 Å². The van der Waals surface area contributed by atoms with Gasteiger partial charge in [-0.3, -0.25) is 4.79 Å². The number of aromatic nitrogens is 4. The van der Waals surface area contributed by atoms with Crippen LogP contribution in [0.3, 0.4) is 0 Å². The molecule has 1 amide bonds. The SMILES string of the molecule is CCOC(=O)/C=C1\SCC(=O)N1CCSc1nnnn1-c1ccc(OC)cc1. The molecule has 1 aliphatic rings. The molecule has 1 aliphatic heterocycles. The maximum absolute atomic E-state index is 12.1. The molecule has 1 fully saturated rings. The first kappa shape index (κ1) is 20.2. The van der Waals surface area contributed by atoms with Crippen molar-refractivity contribution in [1.82, 2.24) is 25.1 Å². The van der Waals surface area contributed by atoms with Crippen LogP contribution in [-0.4, -0.2) is 68.8 Å². The van der Waals surface area contributed by atoms with Crippen molar-refractivity contribution >= 4 is 35.4 Å². The normalized spacial score (nSPS) is 15.3. The summed E-state index contributed by atoms with van der Waals surface area (Å²) in [4.78, 5) is 25.4. The smallest absolute Gasteiger partial charge is 0.333 e. The van der Waals surface area contributed by atoms with Crippen molar-refractivity contribution in [2.24, 2.45) is 0 Å². The van der Waals surface area contributed by atoms with Crippen LogP contribution in [0.2, 0.25) is 0 Å². The third-order valence-corrected chi connectivity index (χ3v) is 5.67. The summed E-state index contributed by atoms with van der Waals surface area (Å²) in [6.45, 7) is 2.48. The predicted octanol–water partition coefficient (Wildman–Crippen LogP) is 1.74. The van der Waals surface area contributed by atoms with Gasteiger partial charge < -0.3 is 14.4 Å². The van der Waals surface area contributed by atoms with E-state index in [2.05, 4.69) is 15.5 Å². The van der Waals surface area contributed by atoms with Crippen molar-refractivity contribution in [1.29, 1.82) is 0 Å². The van der Waals surface area contributed by atoms with E-state index >= 15 is 0 Å². The fourth-order valence-corrected chi connectivity index (χ4v) is 4.21. The minimum atomic E-state index is -0.444. The van der Waals surface area contributed by atoms with Gasteiger partial charge in [-0.25, -0.2) is 4.79 Å². The van der Waals surface area contributed by atoms with Crippen LogP contribution in [0.5, 0.6) is 5.75 Å². The molecule has 0 N–H and O–H groups in total. The molecule has 148 valence electrons. The van der Waals surface area contributed by atoms with E-state index in [4.69, 9.17) is 9.47 Å².